The van der Waals surface area contributed by atoms with Crippen LogP contribution in [0.3, 0.4) is 0 Å². The van der Waals surface area contributed by atoms with Gasteiger partial charge in [0, 0.05) is 24.0 Å². The molecule has 96 valence electrons. The predicted octanol–water partition coefficient (Wildman–Crippen LogP) is 2.71. The lowest BCUT2D eigenvalue weighted by Crippen LogP contribution is -1.96. The van der Waals surface area contributed by atoms with Crippen molar-refractivity contribution in [1.82, 2.24) is 9.55 Å². The van der Waals surface area contributed by atoms with Gasteiger partial charge in [-0.05, 0) is 42.8 Å². The van der Waals surface area contributed by atoms with Gasteiger partial charge < -0.3 is 16.0 Å². The first-order valence-corrected chi connectivity index (χ1v) is 6.14. The molecule has 0 amide bonds. The monoisotopic (exact) mass is 252 g/mol. The van der Waals surface area contributed by atoms with Gasteiger partial charge in [0.2, 0.25) is 0 Å². The summed E-state index contributed by atoms with van der Waals surface area (Å²) in [7, 11) is 2.00. The molecule has 19 heavy (non-hydrogen) atoms. The molecule has 0 radical (unpaired) electrons. The summed E-state index contributed by atoms with van der Waals surface area (Å²) < 4.78 is 2.06. The summed E-state index contributed by atoms with van der Waals surface area (Å²) in [5.74, 6) is 0.875. The second kappa shape index (κ2) is 4.02. The van der Waals surface area contributed by atoms with Gasteiger partial charge in [0.05, 0.1) is 11.0 Å². The molecule has 0 fully saturated rings. The molecule has 0 aliphatic rings. The third-order valence-electron chi connectivity index (χ3n) is 3.27. The summed E-state index contributed by atoms with van der Waals surface area (Å²) >= 11 is 0. The molecule has 0 atom stereocenters. The average molecular weight is 252 g/mol. The van der Waals surface area contributed by atoms with Crippen molar-refractivity contribution >= 4 is 22.4 Å². The van der Waals surface area contributed by atoms with Gasteiger partial charge >= 0.3 is 0 Å². The number of hydrogen-bond acceptors (Lipinski definition) is 3. The highest BCUT2D eigenvalue weighted by Crippen LogP contribution is 2.27. The van der Waals surface area contributed by atoms with Crippen LogP contribution in [-0.2, 0) is 7.05 Å². The molecule has 2 aromatic carbocycles. The maximum atomic E-state index is 5.85. The zero-order valence-electron chi connectivity index (χ0n) is 11.0. The van der Waals surface area contributed by atoms with Gasteiger partial charge in [0.25, 0.3) is 0 Å². The molecule has 0 saturated heterocycles. The van der Waals surface area contributed by atoms with Crippen LogP contribution in [0.4, 0.5) is 11.4 Å². The van der Waals surface area contributed by atoms with Gasteiger partial charge in [-0.3, -0.25) is 0 Å². The van der Waals surface area contributed by atoms with E-state index in [2.05, 4.69) is 34.7 Å². The van der Waals surface area contributed by atoms with Crippen molar-refractivity contribution in [2.75, 3.05) is 11.5 Å². The molecule has 0 aliphatic heterocycles. The van der Waals surface area contributed by atoms with Gasteiger partial charge in [-0.25, -0.2) is 4.98 Å². The molecule has 0 aliphatic carbocycles. The van der Waals surface area contributed by atoms with E-state index in [4.69, 9.17) is 11.5 Å². The highest BCUT2D eigenvalue weighted by atomic mass is 15.1. The Bertz CT molecular complexity index is 751. The fraction of sp³-hybridized carbons (Fsp3) is 0.133. The highest BCUT2D eigenvalue weighted by Gasteiger charge is 2.10. The molecule has 4 N–H and O–H groups in total. The minimum Gasteiger partial charge on any atom is -0.399 e. The number of fused-ring (bicyclic) bond motifs is 1. The van der Waals surface area contributed by atoms with E-state index < -0.39 is 0 Å². The fourth-order valence-corrected chi connectivity index (χ4v) is 2.37. The van der Waals surface area contributed by atoms with E-state index in [1.165, 1.54) is 5.56 Å². The van der Waals surface area contributed by atoms with Crippen LogP contribution >= 0.6 is 0 Å². The van der Waals surface area contributed by atoms with Gasteiger partial charge in [0.15, 0.2) is 0 Å². The lowest BCUT2D eigenvalue weighted by atomic mass is 10.1. The third kappa shape index (κ3) is 1.91. The number of nitrogens with zero attached hydrogens (tertiary/aromatic N) is 2. The van der Waals surface area contributed by atoms with Crippen molar-refractivity contribution in [1.29, 1.82) is 0 Å². The quantitative estimate of drug-likeness (QED) is 0.654. The number of benzene rings is 2. The highest BCUT2D eigenvalue weighted by molar-refractivity contribution is 5.82. The Morgan fingerprint density at radius 1 is 1.00 bits per heavy atom. The lowest BCUT2D eigenvalue weighted by Gasteiger charge is -2.05. The fourth-order valence-electron chi connectivity index (χ4n) is 2.37. The van der Waals surface area contributed by atoms with E-state index in [-0.39, 0.29) is 0 Å². The smallest absolute Gasteiger partial charge is 0.141 e. The molecule has 4 nitrogen and oxygen atoms in total. The SMILES string of the molecule is Cc1ccc2c(c1)nc(-c1cc(N)cc(N)c1)n2C. The number of hydrogen-bond donors (Lipinski definition) is 2. The van der Waals surface area contributed by atoms with Gasteiger partial charge in [0.1, 0.15) is 5.82 Å². The van der Waals surface area contributed by atoms with E-state index in [0.717, 1.165) is 22.4 Å². The Balaban J connectivity index is 2.27. The van der Waals surface area contributed by atoms with Gasteiger partial charge in [-0.2, -0.15) is 0 Å². The van der Waals surface area contributed by atoms with Crippen molar-refractivity contribution < 1.29 is 0 Å². The largest absolute Gasteiger partial charge is 0.399 e. The summed E-state index contributed by atoms with van der Waals surface area (Å²) in [5.41, 5.74) is 17.2. The molecule has 1 aromatic heterocycles. The van der Waals surface area contributed by atoms with Crippen LogP contribution in [0, 0.1) is 6.92 Å². The minimum atomic E-state index is 0.651. The first-order chi connectivity index (χ1) is 9.04. The first kappa shape index (κ1) is 11.6. The van der Waals surface area contributed by atoms with Crippen molar-refractivity contribution in [2.24, 2.45) is 7.05 Å². The van der Waals surface area contributed by atoms with Crippen molar-refractivity contribution in [3.8, 4) is 11.4 Å². The lowest BCUT2D eigenvalue weighted by molar-refractivity contribution is 0.959. The number of anilines is 2. The molecule has 3 aromatic rings. The number of nitrogens with two attached hydrogens (primary N) is 2. The Morgan fingerprint density at radius 3 is 2.37 bits per heavy atom. The molecular weight excluding hydrogens is 236 g/mol. The van der Waals surface area contributed by atoms with Crippen LogP contribution in [0.1, 0.15) is 5.56 Å². The van der Waals surface area contributed by atoms with E-state index in [1.54, 1.807) is 6.07 Å². The van der Waals surface area contributed by atoms with Crippen molar-refractivity contribution in [2.45, 2.75) is 6.92 Å². The molecule has 0 saturated carbocycles. The zero-order valence-corrected chi connectivity index (χ0v) is 11.0. The summed E-state index contributed by atoms with van der Waals surface area (Å²) in [6.45, 7) is 2.06. The van der Waals surface area contributed by atoms with Crippen molar-refractivity contribution in [3.63, 3.8) is 0 Å². The molecule has 3 rings (SSSR count). The molecule has 1 heterocycles. The maximum Gasteiger partial charge on any atom is 0.141 e. The van der Waals surface area contributed by atoms with Crippen LogP contribution in [0.2, 0.25) is 0 Å². The summed E-state index contributed by atoms with van der Waals surface area (Å²) in [6, 6.07) is 11.8. The number of aryl methyl sites for hydroxylation is 2. The predicted molar refractivity (Wildman–Crippen MR) is 79.7 cm³/mol. The van der Waals surface area contributed by atoms with Crippen LogP contribution in [-0.4, -0.2) is 9.55 Å². The van der Waals surface area contributed by atoms with Gasteiger partial charge in [-0.1, -0.05) is 6.07 Å². The normalized spacial score (nSPS) is 11.1. The van der Waals surface area contributed by atoms with Crippen LogP contribution in [0.25, 0.3) is 22.4 Å². The Labute approximate surface area is 111 Å². The number of aromatic nitrogens is 2. The zero-order chi connectivity index (χ0) is 13.6. The van der Waals surface area contributed by atoms with E-state index in [0.29, 0.717) is 11.4 Å². The minimum absolute atomic E-state index is 0.651. The molecule has 0 unspecified atom stereocenters. The Hall–Kier alpha value is -2.49. The van der Waals surface area contributed by atoms with E-state index in [9.17, 15) is 0 Å². The maximum absolute atomic E-state index is 5.85. The topological polar surface area (TPSA) is 69.9 Å². The third-order valence-corrected chi connectivity index (χ3v) is 3.27. The van der Waals surface area contributed by atoms with Crippen LogP contribution < -0.4 is 11.5 Å². The summed E-state index contributed by atoms with van der Waals surface area (Å²) in [5, 5.41) is 0. The van der Waals surface area contributed by atoms with Crippen LogP contribution in [0.15, 0.2) is 36.4 Å². The summed E-state index contributed by atoms with van der Waals surface area (Å²) in [4.78, 5) is 4.68. The number of imidazole rings is 1. The van der Waals surface area contributed by atoms with Crippen LogP contribution in [0.5, 0.6) is 0 Å². The van der Waals surface area contributed by atoms with E-state index in [1.807, 2.05) is 19.2 Å². The average Bonchev–Trinajstić information content (AvgIpc) is 2.65. The van der Waals surface area contributed by atoms with E-state index >= 15 is 0 Å². The molecule has 0 bridgehead atoms. The standard InChI is InChI=1S/C15H16N4/c1-9-3-4-14-13(5-9)18-15(19(14)2)10-6-11(16)8-12(17)7-10/h3-8H,16-17H2,1-2H3. The summed E-state index contributed by atoms with van der Waals surface area (Å²) in [6.07, 6.45) is 0. The van der Waals surface area contributed by atoms with Crippen molar-refractivity contribution in [3.05, 3.63) is 42.0 Å². The molecular formula is C15H16N4. The second-order valence-electron chi connectivity index (χ2n) is 4.87. The second-order valence-corrected chi connectivity index (χ2v) is 4.87. The molecule has 0 spiro atoms. The Morgan fingerprint density at radius 2 is 1.68 bits per heavy atom. The first-order valence-electron chi connectivity index (χ1n) is 6.14. The number of nitrogen functional groups attached to an aromatic ring is 2. The molecule has 4 heteroatoms. The number of rotatable bonds is 1. The van der Waals surface area contributed by atoms with Gasteiger partial charge in [-0.15, -0.1) is 0 Å². The Kier molecular flexibility index (Phi) is 2.45.